The van der Waals surface area contributed by atoms with E-state index in [1.165, 1.54) is 24.0 Å². The van der Waals surface area contributed by atoms with Crippen LogP contribution in [0.25, 0.3) is 0 Å². The van der Waals surface area contributed by atoms with Crippen molar-refractivity contribution in [2.24, 2.45) is 0 Å². The number of aryl methyl sites for hydroxylation is 2. The van der Waals surface area contributed by atoms with Gasteiger partial charge in [-0.25, -0.2) is 4.39 Å². The predicted octanol–water partition coefficient (Wildman–Crippen LogP) is 4.98. The summed E-state index contributed by atoms with van der Waals surface area (Å²) in [6, 6.07) is 4.53. The maximum absolute atomic E-state index is 14.3. The molecule has 15 heteroatoms. The fourth-order valence-corrected chi connectivity index (χ4v) is 7.87. The van der Waals surface area contributed by atoms with Crippen molar-refractivity contribution in [1.29, 1.82) is 0 Å². The van der Waals surface area contributed by atoms with Gasteiger partial charge in [-0.2, -0.15) is 28.2 Å². The molecular formula is C34H40F4N8O3. The largest absolute Gasteiger partial charge is 0.461 e. The average molecular weight is 685 g/mol. The highest BCUT2D eigenvalue weighted by atomic mass is 19.4. The summed E-state index contributed by atoms with van der Waals surface area (Å²) in [5.41, 5.74) is 8.20. The predicted molar refractivity (Wildman–Crippen MR) is 173 cm³/mol. The van der Waals surface area contributed by atoms with Crippen molar-refractivity contribution in [2.45, 2.75) is 76.5 Å². The van der Waals surface area contributed by atoms with Gasteiger partial charge in [0.15, 0.2) is 5.69 Å². The number of halogens is 4. The first-order chi connectivity index (χ1) is 23.3. The van der Waals surface area contributed by atoms with E-state index in [4.69, 9.17) is 25.2 Å². The van der Waals surface area contributed by atoms with Gasteiger partial charge in [0, 0.05) is 51.4 Å². The number of carbonyl (C=O) groups excluding carboxylic acids is 1. The summed E-state index contributed by atoms with van der Waals surface area (Å²) in [4.78, 5) is 28.1. The Morgan fingerprint density at radius 2 is 1.98 bits per heavy atom. The van der Waals surface area contributed by atoms with Crippen LogP contribution in [0.15, 0.2) is 30.1 Å². The highest BCUT2D eigenvalue weighted by Crippen LogP contribution is 2.44. The first kappa shape index (κ1) is 33.3. The van der Waals surface area contributed by atoms with Crippen LogP contribution in [0.1, 0.15) is 75.9 Å². The quantitative estimate of drug-likeness (QED) is 0.284. The van der Waals surface area contributed by atoms with Crippen molar-refractivity contribution in [2.75, 3.05) is 51.0 Å². The number of nitrogen functional groups attached to an aromatic ring is 1. The van der Waals surface area contributed by atoms with Gasteiger partial charge >= 0.3 is 12.2 Å². The zero-order valence-corrected chi connectivity index (χ0v) is 27.8. The van der Waals surface area contributed by atoms with Crippen LogP contribution in [0.3, 0.4) is 0 Å². The Hall–Kier alpha value is -4.24. The third-order valence-electron chi connectivity index (χ3n) is 10.1. The van der Waals surface area contributed by atoms with Gasteiger partial charge in [0.1, 0.15) is 12.4 Å². The Morgan fingerprint density at radius 1 is 1.16 bits per heavy atom. The molecule has 2 atom stereocenters. The molecule has 1 aromatic carbocycles. The smallest absolute Gasteiger partial charge is 0.417 e. The zero-order chi connectivity index (χ0) is 34.7. The van der Waals surface area contributed by atoms with Gasteiger partial charge in [-0.15, -0.1) is 0 Å². The lowest BCUT2D eigenvalue weighted by atomic mass is 9.92. The molecule has 0 bridgehead atoms. The van der Waals surface area contributed by atoms with Crippen molar-refractivity contribution in [3.8, 4) is 6.01 Å². The number of carbonyl (C=O) groups is 1. The van der Waals surface area contributed by atoms with E-state index in [0.29, 0.717) is 68.1 Å². The number of fused-ring (bicyclic) bond motifs is 3. The summed E-state index contributed by atoms with van der Waals surface area (Å²) < 4.78 is 70.9. The normalized spacial score (nSPS) is 23.3. The maximum atomic E-state index is 14.3. The lowest BCUT2D eigenvalue weighted by Gasteiger charge is -2.33. The summed E-state index contributed by atoms with van der Waals surface area (Å²) in [6.07, 6.45) is -1.76. The molecule has 2 fully saturated rings. The van der Waals surface area contributed by atoms with Crippen LogP contribution < -0.4 is 15.4 Å². The van der Waals surface area contributed by atoms with Crippen LogP contribution in [0.2, 0.25) is 0 Å². The fourth-order valence-electron chi connectivity index (χ4n) is 7.87. The fraction of sp³-hybridized carbons (Fsp3) is 0.529. The molecule has 2 aromatic heterocycles. The molecule has 0 saturated carbocycles. The van der Waals surface area contributed by atoms with Crippen LogP contribution >= 0.6 is 0 Å². The molecule has 2 N–H and O–H groups in total. The minimum atomic E-state index is -4.61. The van der Waals surface area contributed by atoms with E-state index in [1.807, 2.05) is 4.68 Å². The topological polar surface area (TPSA) is 115 Å². The second kappa shape index (κ2) is 12.6. The van der Waals surface area contributed by atoms with E-state index in [2.05, 4.69) is 14.9 Å². The lowest BCUT2D eigenvalue weighted by molar-refractivity contribution is -0.140. The SMILES string of the molecule is Cc1cc(N)cc(C2Cc3nc(OC[C@@]45CCCN4C/C(=C\F)C5)nc(N4CCCn5nc(C(=O)N(C)C)cc5C4)c3CO2)c1C(F)(F)F. The zero-order valence-electron chi connectivity index (χ0n) is 27.8. The number of aromatic nitrogens is 4. The van der Waals surface area contributed by atoms with E-state index < -0.39 is 17.8 Å². The monoisotopic (exact) mass is 684 g/mol. The van der Waals surface area contributed by atoms with Crippen molar-refractivity contribution in [1.82, 2.24) is 29.5 Å². The Kier molecular flexibility index (Phi) is 8.54. The molecule has 4 aliphatic heterocycles. The van der Waals surface area contributed by atoms with Gasteiger partial charge in [0.2, 0.25) is 0 Å². The third-order valence-corrected chi connectivity index (χ3v) is 10.1. The number of benzene rings is 1. The molecule has 0 aliphatic carbocycles. The second-order valence-corrected chi connectivity index (χ2v) is 13.8. The molecule has 49 heavy (non-hydrogen) atoms. The number of rotatable bonds is 6. The molecule has 1 unspecified atom stereocenters. The number of hydrogen-bond donors (Lipinski definition) is 1. The molecular weight excluding hydrogens is 644 g/mol. The van der Waals surface area contributed by atoms with Crippen LogP contribution in [0.5, 0.6) is 6.01 Å². The summed E-state index contributed by atoms with van der Waals surface area (Å²) in [7, 11) is 3.35. The first-order valence-corrected chi connectivity index (χ1v) is 16.5. The van der Waals surface area contributed by atoms with Crippen LogP contribution in [-0.4, -0.2) is 81.3 Å². The number of hydrogen-bond acceptors (Lipinski definition) is 9. The number of nitrogens with zero attached hydrogens (tertiary/aromatic N) is 7. The van der Waals surface area contributed by atoms with Gasteiger partial charge < -0.3 is 25.0 Å². The lowest BCUT2D eigenvalue weighted by Crippen LogP contribution is -2.43. The molecule has 0 radical (unpaired) electrons. The van der Waals surface area contributed by atoms with Gasteiger partial charge in [0.25, 0.3) is 5.91 Å². The molecule has 4 aliphatic rings. The minimum Gasteiger partial charge on any atom is -0.461 e. The van der Waals surface area contributed by atoms with Crippen molar-refractivity contribution in [3.05, 3.63) is 69.4 Å². The molecule has 3 aromatic rings. The molecule has 11 nitrogen and oxygen atoms in total. The molecule has 2 saturated heterocycles. The van der Waals surface area contributed by atoms with E-state index >= 15 is 0 Å². The number of amides is 1. The Labute approximate surface area is 281 Å². The van der Waals surface area contributed by atoms with E-state index in [-0.39, 0.29) is 53.9 Å². The van der Waals surface area contributed by atoms with Crippen molar-refractivity contribution in [3.63, 3.8) is 0 Å². The molecule has 7 rings (SSSR count). The van der Waals surface area contributed by atoms with E-state index in [1.54, 1.807) is 20.2 Å². The summed E-state index contributed by atoms with van der Waals surface area (Å²) >= 11 is 0. The molecule has 0 spiro atoms. The average Bonchev–Trinajstić information content (AvgIpc) is 3.69. The Morgan fingerprint density at radius 3 is 2.73 bits per heavy atom. The van der Waals surface area contributed by atoms with E-state index in [0.717, 1.165) is 30.7 Å². The number of alkyl halides is 3. The van der Waals surface area contributed by atoms with Crippen LogP contribution in [0.4, 0.5) is 29.1 Å². The first-order valence-electron chi connectivity index (χ1n) is 16.5. The minimum absolute atomic E-state index is 0.0243. The van der Waals surface area contributed by atoms with Gasteiger partial charge in [-0.3, -0.25) is 14.4 Å². The second-order valence-electron chi connectivity index (χ2n) is 13.8. The number of ether oxygens (including phenoxy) is 2. The Balaban J connectivity index is 1.25. The number of anilines is 2. The van der Waals surface area contributed by atoms with Crippen LogP contribution in [0, 0.1) is 6.92 Å². The van der Waals surface area contributed by atoms with Gasteiger partial charge in [0.05, 0.1) is 48.1 Å². The van der Waals surface area contributed by atoms with E-state index in [9.17, 15) is 22.4 Å². The summed E-state index contributed by atoms with van der Waals surface area (Å²) in [5, 5.41) is 4.55. The number of nitrogens with two attached hydrogens (primary N) is 1. The standard InChI is InChI=1S/C34H40F4N8O3/c1-20-10-22(39)11-24(29(20)34(36,37)38)28-13-26-25(18-48-28)30(44-7-5-9-46-23(17-44)12-27(42-46)31(47)43(2)3)41-32(40-26)49-19-33-6-4-8-45(33)16-21(14-33)15-35/h10-12,15,28H,4-9,13-14,16-19,39H2,1-3H3/b21-15-/t28?,33-/m0/s1. The third kappa shape index (κ3) is 6.22. The molecule has 6 heterocycles. The van der Waals surface area contributed by atoms with Crippen molar-refractivity contribution >= 4 is 17.4 Å². The Bertz CT molecular complexity index is 1810. The van der Waals surface area contributed by atoms with Gasteiger partial charge in [-0.05, 0) is 74.1 Å². The molecule has 1 amide bonds. The van der Waals surface area contributed by atoms with Crippen molar-refractivity contribution < 1.29 is 31.8 Å². The maximum Gasteiger partial charge on any atom is 0.417 e. The summed E-state index contributed by atoms with van der Waals surface area (Å²) in [5.74, 6) is 0.361. The van der Waals surface area contributed by atoms with Crippen LogP contribution in [-0.2, 0) is 37.0 Å². The molecule has 262 valence electrons. The summed E-state index contributed by atoms with van der Waals surface area (Å²) in [6.45, 7) is 4.59. The highest BCUT2D eigenvalue weighted by molar-refractivity contribution is 5.92. The van der Waals surface area contributed by atoms with Gasteiger partial charge in [-0.1, -0.05) is 0 Å². The highest BCUT2D eigenvalue weighted by Gasteiger charge is 2.47.